The van der Waals surface area contributed by atoms with Crippen LogP contribution in [0.1, 0.15) is 71.6 Å². The fraction of sp³-hybridized carbons (Fsp3) is 1.00. The van der Waals surface area contributed by atoms with E-state index in [9.17, 15) is 0 Å². The molecular weight excluding hydrogens is 230 g/mol. The molecule has 1 heteroatoms. The van der Waals surface area contributed by atoms with E-state index in [1.807, 2.05) is 0 Å². The molecule has 0 bridgehead atoms. The fourth-order valence-electron chi connectivity index (χ4n) is 4.74. The Labute approximate surface area is 120 Å². The lowest BCUT2D eigenvalue weighted by Crippen LogP contribution is -2.37. The van der Waals surface area contributed by atoms with Crippen molar-refractivity contribution >= 4 is 0 Å². The van der Waals surface area contributed by atoms with Crippen molar-refractivity contribution in [1.82, 2.24) is 5.32 Å². The topological polar surface area (TPSA) is 12.0 Å². The number of rotatable bonds is 4. The Kier molecular flexibility index (Phi) is 6.19. The Bertz CT molecular complexity index is 240. The Morgan fingerprint density at radius 3 is 2.21 bits per heavy atom. The van der Waals surface area contributed by atoms with Gasteiger partial charge in [0, 0.05) is 0 Å². The highest BCUT2D eigenvalue weighted by Gasteiger charge is 2.35. The van der Waals surface area contributed by atoms with Gasteiger partial charge < -0.3 is 5.32 Å². The Hall–Kier alpha value is -0.0400. The van der Waals surface area contributed by atoms with Crippen molar-refractivity contribution in [3.05, 3.63) is 0 Å². The van der Waals surface area contributed by atoms with Gasteiger partial charge in [-0.1, -0.05) is 52.4 Å². The molecule has 0 aromatic heterocycles. The molecule has 0 spiro atoms. The van der Waals surface area contributed by atoms with Crippen LogP contribution < -0.4 is 5.32 Å². The van der Waals surface area contributed by atoms with Crippen LogP contribution in [-0.2, 0) is 0 Å². The Morgan fingerprint density at radius 2 is 1.63 bits per heavy atom. The van der Waals surface area contributed by atoms with E-state index in [2.05, 4.69) is 26.2 Å². The van der Waals surface area contributed by atoms with E-state index in [1.54, 1.807) is 0 Å². The summed E-state index contributed by atoms with van der Waals surface area (Å²) in [5.74, 6) is 4.92. The number of nitrogens with one attached hydrogen (secondary N) is 1. The van der Waals surface area contributed by atoms with Gasteiger partial charge in [0.05, 0.1) is 0 Å². The monoisotopic (exact) mass is 265 g/mol. The maximum atomic E-state index is 3.47. The van der Waals surface area contributed by atoms with Gasteiger partial charge in [-0.2, -0.15) is 0 Å². The standard InChI is InChI=1S/C18H35N/c1-14(2)16-10-11-17(13-19-3)18(12-16)15-8-6-4-5-7-9-15/h14-19H,4-13H2,1-3H3. The van der Waals surface area contributed by atoms with Crippen LogP contribution in [0.15, 0.2) is 0 Å². The summed E-state index contributed by atoms with van der Waals surface area (Å²) in [5.41, 5.74) is 0. The minimum absolute atomic E-state index is 0.892. The largest absolute Gasteiger partial charge is 0.319 e. The first-order valence-electron chi connectivity index (χ1n) is 8.87. The lowest BCUT2D eigenvalue weighted by molar-refractivity contribution is 0.0906. The third-order valence-corrected chi connectivity index (χ3v) is 6.00. The molecule has 2 saturated carbocycles. The molecule has 0 saturated heterocycles. The van der Waals surface area contributed by atoms with Crippen molar-refractivity contribution in [3.8, 4) is 0 Å². The predicted molar refractivity (Wildman–Crippen MR) is 84.3 cm³/mol. The van der Waals surface area contributed by atoms with Crippen molar-refractivity contribution in [2.24, 2.45) is 29.6 Å². The molecule has 3 atom stereocenters. The van der Waals surface area contributed by atoms with E-state index in [-0.39, 0.29) is 0 Å². The molecule has 0 radical (unpaired) electrons. The summed E-state index contributed by atoms with van der Waals surface area (Å²) < 4.78 is 0. The van der Waals surface area contributed by atoms with Gasteiger partial charge in [0.15, 0.2) is 0 Å². The van der Waals surface area contributed by atoms with Gasteiger partial charge in [0.25, 0.3) is 0 Å². The first-order valence-corrected chi connectivity index (χ1v) is 8.87. The average molecular weight is 265 g/mol. The van der Waals surface area contributed by atoms with Gasteiger partial charge in [-0.25, -0.2) is 0 Å². The van der Waals surface area contributed by atoms with Crippen molar-refractivity contribution in [2.75, 3.05) is 13.6 Å². The summed E-state index contributed by atoms with van der Waals surface area (Å²) in [6.07, 6.45) is 13.5. The summed E-state index contributed by atoms with van der Waals surface area (Å²) in [4.78, 5) is 0. The second kappa shape index (κ2) is 7.67. The molecule has 0 heterocycles. The lowest BCUT2D eigenvalue weighted by Gasteiger charge is -2.42. The molecule has 19 heavy (non-hydrogen) atoms. The highest BCUT2D eigenvalue weighted by molar-refractivity contribution is 4.87. The first kappa shape index (κ1) is 15.4. The maximum absolute atomic E-state index is 3.47. The first-order chi connectivity index (χ1) is 9.22. The van der Waals surface area contributed by atoms with E-state index in [0.717, 1.165) is 29.6 Å². The molecule has 0 aromatic rings. The molecule has 0 aliphatic heterocycles. The molecule has 3 unspecified atom stereocenters. The van der Waals surface area contributed by atoms with Crippen LogP contribution in [0.2, 0.25) is 0 Å². The SMILES string of the molecule is CNCC1CCC(C(C)C)CC1C1CCCCCC1. The van der Waals surface area contributed by atoms with Crippen molar-refractivity contribution in [2.45, 2.75) is 71.6 Å². The molecular formula is C18H35N. The average Bonchev–Trinajstić information content (AvgIpc) is 2.68. The molecule has 0 aromatic carbocycles. The lowest BCUT2D eigenvalue weighted by atomic mass is 9.65. The van der Waals surface area contributed by atoms with E-state index < -0.39 is 0 Å². The van der Waals surface area contributed by atoms with Crippen molar-refractivity contribution < 1.29 is 0 Å². The summed E-state index contributed by atoms with van der Waals surface area (Å²) in [6, 6.07) is 0. The van der Waals surface area contributed by atoms with Crippen LogP contribution in [0.4, 0.5) is 0 Å². The van der Waals surface area contributed by atoms with Crippen molar-refractivity contribution in [1.29, 1.82) is 0 Å². The second-order valence-corrected chi connectivity index (χ2v) is 7.55. The molecule has 2 aliphatic rings. The van der Waals surface area contributed by atoms with Crippen LogP contribution in [0.25, 0.3) is 0 Å². The minimum atomic E-state index is 0.892. The quantitative estimate of drug-likeness (QED) is 0.715. The molecule has 2 aliphatic carbocycles. The van der Waals surface area contributed by atoms with Gasteiger partial charge in [-0.15, -0.1) is 0 Å². The van der Waals surface area contributed by atoms with Crippen LogP contribution in [0, 0.1) is 29.6 Å². The van der Waals surface area contributed by atoms with E-state index in [4.69, 9.17) is 0 Å². The van der Waals surface area contributed by atoms with E-state index in [0.29, 0.717) is 0 Å². The van der Waals surface area contributed by atoms with Gasteiger partial charge in [-0.3, -0.25) is 0 Å². The van der Waals surface area contributed by atoms with Gasteiger partial charge >= 0.3 is 0 Å². The number of hydrogen-bond acceptors (Lipinski definition) is 1. The molecule has 1 nitrogen and oxygen atoms in total. The fourth-order valence-corrected chi connectivity index (χ4v) is 4.74. The maximum Gasteiger partial charge on any atom is -0.00208 e. The van der Waals surface area contributed by atoms with Crippen molar-refractivity contribution in [3.63, 3.8) is 0 Å². The van der Waals surface area contributed by atoms with E-state index >= 15 is 0 Å². The van der Waals surface area contributed by atoms with Gasteiger partial charge in [0.2, 0.25) is 0 Å². The van der Waals surface area contributed by atoms with E-state index in [1.165, 1.54) is 64.3 Å². The second-order valence-electron chi connectivity index (χ2n) is 7.55. The highest BCUT2D eigenvalue weighted by atomic mass is 14.8. The van der Waals surface area contributed by atoms with Crippen LogP contribution in [-0.4, -0.2) is 13.6 Å². The molecule has 0 amide bonds. The Morgan fingerprint density at radius 1 is 0.947 bits per heavy atom. The summed E-state index contributed by atoms with van der Waals surface area (Å²) in [5, 5.41) is 3.47. The third-order valence-electron chi connectivity index (χ3n) is 6.00. The smallest absolute Gasteiger partial charge is 0.00208 e. The summed E-state index contributed by atoms with van der Waals surface area (Å²) in [6.45, 7) is 6.13. The van der Waals surface area contributed by atoms with Gasteiger partial charge in [0.1, 0.15) is 0 Å². The zero-order chi connectivity index (χ0) is 13.7. The van der Waals surface area contributed by atoms with Gasteiger partial charge in [-0.05, 0) is 62.4 Å². The van der Waals surface area contributed by atoms with Crippen LogP contribution in [0.3, 0.4) is 0 Å². The normalized spacial score (nSPS) is 34.4. The third kappa shape index (κ3) is 4.21. The summed E-state index contributed by atoms with van der Waals surface area (Å²) in [7, 11) is 2.14. The number of hydrogen-bond donors (Lipinski definition) is 1. The zero-order valence-corrected chi connectivity index (χ0v) is 13.5. The molecule has 1 N–H and O–H groups in total. The molecule has 2 fully saturated rings. The Balaban J connectivity index is 2.00. The molecule has 2 rings (SSSR count). The minimum Gasteiger partial charge on any atom is -0.319 e. The predicted octanol–water partition coefficient (Wildman–Crippen LogP) is 4.86. The summed E-state index contributed by atoms with van der Waals surface area (Å²) >= 11 is 0. The zero-order valence-electron chi connectivity index (χ0n) is 13.5. The molecule has 112 valence electrons. The highest BCUT2D eigenvalue weighted by Crippen LogP contribution is 2.44. The van der Waals surface area contributed by atoms with Crippen LogP contribution >= 0.6 is 0 Å². The van der Waals surface area contributed by atoms with Crippen LogP contribution in [0.5, 0.6) is 0 Å².